The van der Waals surface area contributed by atoms with Gasteiger partial charge in [0.1, 0.15) is 0 Å². The third kappa shape index (κ3) is 0.899. The standard InChI is InChI=1S/C13H15N/c1-13-9-5-4-8-12(13)14-11-7-3-2-6-10(11)13/h2,4-6,8-9,12,14H,3,7H2,1H3/t12?,13-/m0/s1. The van der Waals surface area contributed by atoms with Gasteiger partial charge in [0.2, 0.25) is 0 Å². The number of rotatable bonds is 0. The minimum atomic E-state index is 0.195. The molecule has 3 aliphatic rings. The van der Waals surface area contributed by atoms with Crippen LogP contribution >= 0.6 is 0 Å². The first-order valence-corrected chi connectivity index (χ1v) is 5.33. The number of hydrogen-bond acceptors (Lipinski definition) is 1. The topological polar surface area (TPSA) is 12.0 Å². The minimum absolute atomic E-state index is 0.195. The van der Waals surface area contributed by atoms with E-state index >= 15 is 0 Å². The highest BCUT2D eigenvalue weighted by Crippen LogP contribution is 2.44. The van der Waals surface area contributed by atoms with Crippen LogP contribution in [0.25, 0.3) is 0 Å². The molecule has 0 fully saturated rings. The van der Waals surface area contributed by atoms with Crippen molar-refractivity contribution in [1.29, 1.82) is 0 Å². The first-order chi connectivity index (χ1) is 6.81. The number of allylic oxidation sites excluding steroid dienone is 5. The summed E-state index contributed by atoms with van der Waals surface area (Å²) in [4.78, 5) is 0. The average Bonchev–Trinajstić information content (AvgIpc) is 2.51. The Morgan fingerprint density at radius 1 is 1.43 bits per heavy atom. The summed E-state index contributed by atoms with van der Waals surface area (Å²) in [5, 5.41) is 3.63. The van der Waals surface area contributed by atoms with Crippen molar-refractivity contribution >= 4 is 0 Å². The van der Waals surface area contributed by atoms with E-state index in [9.17, 15) is 0 Å². The number of nitrogens with one attached hydrogen (secondary N) is 1. The van der Waals surface area contributed by atoms with Crippen molar-refractivity contribution in [2.24, 2.45) is 5.41 Å². The lowest BCUT2D eigenvalue weighted by molar-refractivity contribution is 0.456. The minimum Gasteiger partial charge on any atom is -0.381 e. The molecule has 1 aliphatic heterocycles. The summed E-state index contributed by atoms with van der Waals surface area (Å²) in [6.07, 6.45) is 15.9. The van der Waals surface area contributed by atoms with Crippen LogP contribution in [0, 0.1) is 5.41 Å². The van der Waals surface area contributed by atoms with Gasteiger partial charge >= 0.3 is 0 Å². The van der Waals surface area contributed by atoms with E-state index in [0.29, 0.717) is 6.04 Å². The molecule has 0 spiro atoms. The van der Waals surface area contributed by atoms with Crippen LogP contribution in [0.1, 0.15) is 19.8 Å². The van der Waals surface area contributed by atoms with Gasteiger partial charge in [0.15, 0.2) is 0 Å². The fourth-order valence-electron chi connectivity index (χ4n) is 2.70. The van der Waals surface area contributed by atoms with Gasteiger partial charge in [-0.25, -0.2) is 0 Å². The molecule has 1 nitrogen and oxygen atoms in total. The van der Waals surface area contributed by atoms with Crippen molar-refractivity contribution in [2.75, 3.05) is 0 Å². The van der Waals surface area contributed by atoms with E-state index in [0.717, 1.165) is 0 Å². The molecule has 0 aromatic rings. The van der Waals surface area contributed by atoms with E-state index in [1.165, 1.54) is 24.1 Å². The quantitative estimate of drug-likeness (QED) is 0.612. The zero-order chi connectivity index (χ0) is 9.60. The van der Waals surface area contributed by atoms with E-state index in [-0.39, 0.29) is 5.41 Å². The molecule has 0 radical (unpaired) electrons. The highest BCUT2D eigenvalue weighted by Gasteiger charge is 2.41. The van der Waals surface area contributed by atoms with Gasteiger partial charge in [-0.15, -0.1) is 0 Å². The lowest BCUT2D eigenvalue weighted by atomic mass is 9.74. The molecule has 2 aliphatic carbocycles. The van der Waals surface area contributed by atoms with Crippen molar-refractivity contribution in [3.05, 3.63) is 47.7 Å². The molecule has 14 heavy (non-hydrogen) atoms. The average molecular weight is 185 g/mol. The van der Waals surface area contributed by atoms with Gasteiger partial charge < -0.3 is 5.32 Å². The van der Waals surface area contributed by atoms with Crippen LogP contribution < -0.4 is 5.32 Å². The third-order valence-electron chi connectivity index (χ3n) is 3.58. The molecule has 0 aromatic heterocycles. The van der Waals surface area contributed by atoms with Gasteiger partial charge in [0, 0.05) is 11.1 Å². The van der Waals surface area contributed by atoms with Gasteiger partial charge in [-0.1, -0.05) is 36.5 Å². The largest absolute Gasteiger partial charge is 0.381 e. The second kappa shape index (κ2) is 2.63. The molecule has 2 atom stereocenters. The highest BCUT2D eigenvalue weighted by molar-refractivity contribution is 5.47. The molecule has 0 saturated carbocycles. The third-order valence-corrected chi connectivity index (χ3v) is 3.58. The summed E-state index contributed by atoms with van der Waals surface area (Å²) >= 11 is 0. The Labute approximate surface area is 84.9 Å². The summed E-state index contributed by atoms with van der Waals surface area (Å²) in [6, 6.07) is 0.472. The van der Waals surface area contributed by atoms with Gasteiger partial charge in [-0.05, 0) is 25.3 Å². The van der Waals surface area contributed by atoms with Crippen molar-refractivity contribution in [3.63, 3.8) is 0 Å². The molecule has 1 N–H and O–H groups in total. The van der Waals surface area contributed by atoms with E-state index in [1.54, 1.807) is 0 Å². The molecule has 72 valence electrons. The number of hydrogen-bond donors (Lipinski definition) is 1. The smallest absolute Gasteiger partial charge is 0.0574 e. The van der Waals surface area contributed by atoms with Crippen molar-refractivity contribution in [1.82, 2.24) is 5.32 Å². The summed E-state index contributed by atoms with van der Waals surface area (Å²) in [5.74, 6) is 0. The normalized spacial score (nSPS) is 38.2. The Hall–Kier alpha value is -1.24. The van der Waals surface area contributed by atoms with Gasteiger partial charge in [0.25, 0.3) is 0 Å². The van der Waals surface area contributed by atoms with Crippen LogP contribution in [0.5, 0.6) is 0 Å². The van der Waals surface area contributed by atoms with Gasteiger partial charge in [0.05, 0.1) is 6.04 Å². The lowest BCUT2D eigenvalue weighted by Crippen LogP contribution is -2.34. The first kappa shape index (κ1) is 8.10. The Balaban J connectivity index is 2.10. The van der Waals surface area contributed by atoms with Crippen LogP contribution in [0.4, 0.5) is 0 Å². The van der Waals surface area contributed by atoms with Gasteiger partial charge in [-0.3, -0.25) is 0 Å². The summed E-state index contributed by atoms with van der Waals surface area (Å²) in [6.45, 7) is 2.32. The van der Waals surface area contributed by atoms with E-state index < -0.39 is 0 Å². The maximum atomic E-state index is 3.63. The second-order valence-electron chi connectivity index (χ2n) is 4.48. The molecule has 0 saturated heterocycles. The Morgan fingerprint density at radius 3 is 3.29 bits per heavy atom. The van der Waals surface area contributed by atoms with Crippen LogP contribution in [0.2, 0.25) is 0 Å². The maximum absolute atomic E-state index is 3.63. The molecule has 1 unspecified atom stereocenters. The number of fused-ring (bicyclic) bond motifs is 2. The molecule has 0 aromatic carbocycles. The summed E-state index contributed by atoms with van der Waals surface area (Å²) < 4.78 is 0. The molecule has 0 bridgehead atoms. The highest BCUT2D eigenvalue weighted by atomic mass is 15.0. The van der Waals surface area contributed by atoms with Crippen molar-refractivity contribution < 1.29 is 0 Å². The van der Waals surface area contributed by atoms with Crippen molar-refractivity contribution in [2.45, 2.75) is 25.8 Å². The Bertz CT molecular complexity index is 384. The fourth-order valence-corrected chi connectivity index (χ4v) is 2.70. The monoisotopic (exact) mass is 185 g/mol. The fraction of sp³-hybridized carbons (Fsp3) is 0.385. The van der Waals surface area contributed by atoms with E-state index in [1.807, 2.05) is 0 Å². The predicted molar refractivity (Wildman–Crippen MR) is 58.7 cm³/mol. The first-order valence-electron chi connectivity index (χ1n) is 5.33. The van der Waals surface area contributed by atoms with Crippen molar-refractivity contribution in [3.8, 4) is 0 Å². The molecular weight excluding hydrogens is 170 g/mol. The Morgan fingerprint density at radius 2 is 2.36 bits per heavy atom. The van der Waals surface area contributed by atoms with Crippen LogP contribution in [0.3, 0.4) is 0 Å². The van der Waals surface area contributed by atoms with Gasteiger partial charge in [-0.2, -0.15) is 0 Å². The van der Waals surface area contributed by atoms with E-state index in [4.69, 9.17) is 0 Å². The summed E-state index contributed by atoms with van der Waals surface area (Å²) in [5.41, 5.74) is 3.15. The molecule has 1 heterocycles. The lowest BCUT2D eigenvalue weighted by Gasteiger charge is -2.30. The zero-order valence-electron chi connectivity index (χ0n) is 8.46. The van der Waals surface area contributed by atoms with Crippen LogP contribution in [0.15, 0.2) is 47.7 Å². The van der Waals surface area contributed by atoms with E-state index in [2.05, 4.69) is 48.7 Å². The van der Waals surface area contributed by atoms with Crippen LogP contribution in [-0.2, 0) is 0 Å². The SMILES string of the molecule is C[C@@]12C=CC=CC1NC1=C2C=CCC1. The maximum Gasteiger partial charge on any atom is 0.0574 e. The molecule has 3 rings (SSSR count). The molecular formula is C13H15N. The van der Waals surface area contributed by atoms with Crippen LogP contribution in [-0.4, -0.2) is 6.04 Å². The molecule has 1 heteroatoms. The molecule has 0 amide bonds. The predicted octanol–water partition coefficient (Wildman–Crippen LogP) is 2.69. The second-order valence-corrected chi connectivity index (χ2v) is 4.48. The zero-order valence-corrected chi connectivity index (χ0v) is 8.46. The Kier molecular flexibility index (Phi) is 1.52. The summed E-state index contributed by atoms with van der Waals surface area (Å²) in [7, 11) is 0.